The molecular formula is C25H20ClF3N4O5S. The summed E-state index contributed by atoms with van der Waals surface area (Å²) in [4.78, 5) is 18.2. The third-order valence-electron chi connectivity index (χ3n) is 5.52. The highest BCUT2D eigenvalue weighted by molar-refractivity contribution is 7.92. The number of ether oxygens (including phenoxy) is 1. The molecule has 2 heterocycles. The van der Waals surface area contributed by atoms with Gasteiger partial charge < -0.3 is 9.26 Å². The van der Waals surface area contributed by atoms with E-state index < -0.39 is 27.7 Å². The predicted octanol–water partition coefficient (Wildman–Crippen LogP) is 6.29. The number of sulfonamides is 1. The van der Waals surface area contributed by atoms with Crippen molar-refractivity contribution < 1.29 is 35.6 Å². The zero-order valence-corrected chi connectivity index (χ0v) is 21.9. The van der Waals surface area contributed by atoms with Crippen LogP contribution in [0.1, 0.15) is 18.9 Å². The summed E-state index contributed by atoms with van der Waals surface area (Å²) in [7, 11) is -2.68. The van der Waals surface area contributed by atoms with Crippen molar-refractivity contribution in [1.29, 1.82) is 0 Å². The van der Waals surface area contributed by atoms with Crippen LogP contribution in [0.3, 0.4) is 0 Å². The second-order valence-corrected chi connectivity index (χ2v) is 10.1. The molecule has 9 nitrogen and oxygen atoms in total. The molecule has 0 unspecified atom stereocenters. The fourth-order valence-electron chi connectivity index (χ4n) is 3.61. The van der Waals surface area contributed by atoms with Crippen molar-refractivity contribution in [2.45, 2.75) is 24.4 Å². The molecule has 14 heteroatoms. The highest BCUT2D eigenvalue weighted by Gasteiger charge is 2.30. The Labute approximate surface area is 226 Å². The number of alkyl halides is 3. The maximum absolute atomic E-state index is 13.0. The lowest BCUT2D eigenvalue weighted by Gasteiger charge is -2.24. The molecule has 39 heavy (non-hydrogen) atoms. The average molecular weight is 581 g/mol. The topological polar surface area (TPSA) is 115 Å². The normalized spacial score (nSPS) is 11.7. The summed E-state index contributed by atoms with van der Waals surface area (Å²) < 4.78 is 76.5. The molecule has 1 N–H and O–H groups in total. The number of carbonyl (C=O) groups is 1. The fourth-order valence-corrected chi connectivity index (χ4v) is 4.81. The van der Waals surface area contributed by atoms with Gasteiger partial charge in [-0.1, -0.05) is 35.8 Å². The van der Waals surface area contributed by atoms with Crippen LogP contribution in [0.4, 0.5) is 30.5 Å². The van der Waals surface area contributed by atoms with Crippen molar-refractivity contribution in [3.63, 3.8) is 0 Å². The number of anilines is 3. The second-order valence-electron chi connectivity index (χ2n) is 8.00. The third kappa shape index (κ3) is 5.99. The van der Waals surface area contributed by atoms with Crippen molar-refractivity contribution in [2.24, 2.45) is 0 Å². The molecule has 2 aromatic heterocycles. The van der Waals surface area contributed by atoms with Gasteiger partial charge in [0.15, 0.2) is 5.82 Å². The highest BCUT2D eigenvalue weighted by Crippen LogP contribution is 2.42. The van der Waals surface area contributed by atoms with Crippen LogP contribution in [0.15, 0.2) is 76.5 Å². The highest BCUT2D eigenvalue weighted by atomic mass is 35.5. The SMILES string of the molecule is CCC(=O)N(c1ccc(S(=O)(=O)Nc2ccon2)cn1)c1cc(Cl)c(-c2ccc(C(F)(F)F)cc2)cc1OC. The van der Waals surface area contributed by atoms with Crippen LogP contribution in [0.25, 0.3) is 11.1 Å². The molecule has 0 bridgehead atoms. The van der Waals surface area contributed by atoms with Gasteiger partial charge in [-0.3, -0.25) is 14.4 Å². The van der Waals surface area contributed by atoms with Gasteiger partial charge in [0.05, 0.1) is 23.4 Å². The first-order valence-electron chi connectivity index (χ1n) is 11.2. The van der Waals surface area contributed by atoms with E-state index in [4.69, 9.17) is 16.3 Å². The van der Waals surface area contributed by atoms with Gasteiger partial charge in [0.25, 0.3) is 10.0 Å². The van der Waals surface area contributed by atoms with Crippen LogP contribution in [0.2, 0.25) is 5.02 Å². The van der Waals surface area contributed by atoms with Crippen LogP contribution in [-0.2, 0) is 21.0 Å². The van der Waals surface area contributed by atoms with E-state index >= 15 is 0 Å². The molecular weight excluding hydrogens is 561 g/mol. The van der Waals surface area contributed by atoms with Gasteiger partial charge in [-0.2, -0.15) is 13.2 Å². The van der Waals surface area contributed by atoms with Gasteiger partial charge in [-0.05, 0) is 42.0 Å². The molecule has 0 aliphatic carbocycles. The molecule has 0 spiro atoms. The van der Waals surface area contributed by atoms with Crippen LogP contribution in [0.5, 0.6) is 5.75 Å². The summed E-state index contributed by atoms with van der Waals surface area (Å²) in [5.41, 5.74) is 0.175. The van der Waals surface area contributed by atoms with Crippen LogP contribution in [-0.4, -0.2) is 31.6 Å². The summed E-state index contributed by atoms with van der Waals surface area (Å²) in [5, 5.41) is 3.64. The number of hydrogen-bond acceptors (Lipinski definition) is 7. The number of aromatic nitrogens is 2. The number of nitrogens with one attached hydrogen (secondary N) is 1. The number of benzene rings is 2. The number of halogens is 4. The lowest BCUT2D eigenvalue weighted by Crippen LogP contribution is -2.26. The van der Waals surface area contributed by atoms with E-state index in [2.05, 4.69) is 19.4 Å². The van der Waals surface area contributed by atoms with E-state index in [1.165, 1.54) is 60.7 Å². The van der Waals surface area contributed by atoms with Crippen LogP contribution < -0.4 is 14.4 Å². The standard InChI is InChI=1S/C25H20ClF3N4O5S/c1-3-24(34)33(23-9-8-17(14-30-23)39(35,36)32-22-10-11-38-31-22)20-13-19(26)18(12-21(20)37-2)15-4-6-16(7-5-15)25(27,28)29/h4-14H,3H2,1-2H3,(H,31,32). The van der Waals surface area contributed by atoms with E-state index in [9.17, 15) is 26.4 Å². The molecule has 0 fully saturated rings. The molecule has 0 aliphatic heterocycles. The maximum atomic E-state index is 13.0. The number of nitrogens with zero attached hydrogens (tertiary/aromatic N) is 3. The zero-order chi connectivity index (χ0) is 28.4. The number of amides is 1. The van der Waals surface area contributed by atoms with E-state index in [1.54, 1.807) is 6.92 Å². The van der Waals surface area contributed by atoms with Crippen molar-refractivity contribution in [1.82, 2.24) is 10.1 Å². The largest absolute Gasteiger partial charge is 0.495 e. The molecule has 4 rings (SSSR count). The number of carbonyl (C=O) groups excluding carboxylic acids is 1. The van der Waals surface area contributed by atoms with E-state index in [1.807, 2.05) is 0 Å². The van der Waals surface area contributed by atoms with Crippen molar-refractivity contribution >= 4 is 44.9 Å². The minimum atomic E-state index is -4.49. The monoisotopic (exact) mass is 580 g/mol. The Hall–Kier alpha value is -4.10. The molecule has 0 aliphatic rings. The molecule has 4 aromatic rings. The lowest BCUT2D eigenvalue weighted by molar-refractivity contribution is -0.137. The minimum absolute atomic E-state index is 0.0191. The molecule has 0 saturated heterocycles. The Morgan fingerprint density at radius 2 is 1.85 bits per heavy atom. The number of hydrogen-bond donors (Lipinski definition) is 1. The number of rotatable bonds is 8. The predicted molar refractivity (Wildman–Crippen MR) is 137 cm³/mol. The minimum Gasteiger partial charge on any atom is -0.495 e. The van der Waals surface area contributed by atoms with E-state index in [0.717, 1.165) is 18.3 Å². The molecule has 2 aromatic carbocycles. The Balaban J connectivity index is 1.72. The molecule has 0 saturated carbocycles. The first-order valence-corrected chi connectivity index (χ1v) is 13.1. The number of methoxy groups -OCH3 is 1. The number of pyridine rings is 1. The average Bonchev–Trinajstić information content (AvgIpc) is 3.41. The van der Waals surface area contributed by atoms with Gasteiger partial charge in [-0.25, -0.2) is 13.4 Å². The Kier molecular flexibility index (Phi) is 7.84. The zero-order valence-electron chi connectivity index (χ0n) is 20.4. The first-order chi connectivity index (χ1) is 18.4. The van der Waals surface area contributed by atoms with Gasteiger partial charge in [0.2, 0.25) is 5.91 Å². The summed E-state index contributed by atoms with van der Waals surface area (Å²) in [6.07, 6.45) is -2.16. The molecule has 0 radical (unpaired) electrons. The summed E-state index contributed by atoms with van der Waals surface area (Å²) in [6, 6.07) is 11.3. The van der Waals surface area contributed by atoms with Gasteiger partial charge in [-0.15, -0.1) is 0 Å². The fraction of sp³-hybridized carbons (Fsp3) is 0.160. The smallest absolute Gasteiger partial charge is 0.416 e. The quantitative estimate of drug-likeness (QED) is 0.260. The second kappa shape index (κ2) is 10.9. The van der Waals surface area contributed by atoms with Gasteiger partial charge in [0.1, 0.15) is 22.7 Å². The third-order valence-corrected chi connectivity index (χ3v) is 7.17. The Morgan fingerprint density at radius 1 is 1.13 bits per heavy atom. The van der Waals surface area contributed by atoms with Crippen LogP contribution >= 0.6 is 11.6 Å². The van der Waals surface area contributed by atoms with Gasteiger partial charge in [0, 0.05) is 24.2 Å². The Bertz CT molecular complexity index is 1580. The first kappa shape index (κ1) is 27.9. The maximum Gasteiger partial charge on any atom is 0.416 e. The molecule has 0 atom stereocenters. The molecule has 1 amide bonds. The van der Waals surface area contributed by atoms with Crippen molar-refractivity contribution in [2.75, 3.05) is 16.7 Å². The summed E-state index contributed by atoms with van der Waals surface area (Å²) in [5.74, 6) is -0.161. The summed E-state index contributed by atoms with van der Waals surface area (Å²) >= 11 is 6.52. The van der Waals surface area contributed by atoms with Crippen molar-refractivity contribution in [3.8, 4) is 16.9 Å². The summed E-state index contributed by atoms with van der Waals surface area (Å²) in [6.45, 7) is 1.63. The van der Waals surface area contributed by atoms with E-state index in [-0.39, 0.29) is 39.4 Å². The lowest BCUT2D eigenvalue weighted by atomic mass is 10.0. The van der Waals surface area contributed by atoms with E-state index in [0.29, 0.717) is 11.1 Å². The van der Waals surface area contributed by atoms with Crippen molar-refractivity contribution in [3.05, 3.63) is 77.6 Å². The Morgan fingerprint density at radius 3 is 2.38 bits per heavy atom. The molecule has 204 valence electrons. The van der Waals surface area contributed by atoms with Gasteiger partial charge >= 0.3 is 6.18 Å². The van der Waals surface area contributed by atoms with Crippen LogP contribution in [0, 0.1) is 0 Å².